The maximum atomic E-state index is 12.6. The molecule has 1 saturated heterocycles. The Kier molecular flexibility index (Phi) is 6.88. The van der Waals surface area contributed by atoms with Crippen LogP contribution in [0, 0.1) is 5.92 Å². The first-order valence-corrected chi connectivity index (χ1v) is 9.33. The van der Waals surface area contributed by atoms with E-state index < -0.39 is 0 Å². The molecule has 1 N–H and O–H groups in total. The van der Waals surface area contributed by atoms with Crippen molar-refractivity contribution in [1.82, 2.24) is 15.1 Å². The summed E-state index contributed by atoms with van der Waals surface area (Å²) in [7, 11) is 1.88. The monoisotopic (exact) mass is 323 g/mol. The third-order valence-electron chi connectivity index (χ3n) is 5.45. The fourth-order valence-electron chi connectivity index (χ4n) is 3.65. The van der Waals surface area contributed by atoms with Gasteiger partial charge in [0.15, 0.2) is 0 Å². The Balaban J connectivity index is 1.98. The lowest BCUT2D eigenvalue weighted by Gasteiger charge is -2.33. The zero-order valence-corrected chi connectivity index (χ0v) is 15.0. The minimum Gasteiger partial charge on any atom is -0.344 e. The van der Waals surface area contributed by atoms with Crippen molar-refractivity contribution in [2.75, 3.05) is 26.7 Å². The fourth-order valence-corrected chi connectivity index (χ4v) is 3.65. The maximum absolute atomic E-state index is 12.6. The number of hydrogen-bond acceptors (Lipinski definition) is 3. The zero-order valence-electron chi connectivity index (χ0n) is 15.0. The molecule has 2 amide bonds. The van der Waals surface area contributed by atoms with E-state index in [0.29, 0.717) is 18.5 Å². The lowest BCUT2D eigenvalue weighted by molar-refractivity contribution is -0.140. The maximum Gasteiger partial charge on any atom is 0.226 e. The highest BCUT2D eigenvalue weighted by atomic mass is 16.2. The molecule has 2 fully saturated rings. The highest BCUT2D eigenvalue weighted by molar-refractivity contribution is 5.85. The molecule has 0 aromatic rings. The highest BCUT2D eigenvalue weighted by Crippen LogP contribution is 2.23. The standard InChI is InChI=1S/C18H33N3O2/c1-4-21(5-2)18(23)14-8-6-11-16(19-15-9-7-10-15)13-20(3)17(22)12-14/h14-16,19H,4-13H2,1-3H3. The molecule has 1 heterocycles. The molecule has 1 aliphatic heterocycles. The van der Waals surface area contributed by atoms with E-state index in [1.54, 1.807) is 0 Å². The number of hydrogen-bond donors (Lipinski definition) is 1. The summed E-state index contributed by atoms with van der Waals surface area (Å²) in [5.74, 6) is 0.118. The Labute approximate surface area is 140 Å². The molecule has 0 spiro atoms. The van der Waals surface area contributed by atoms with Gasteiger partial charge < -0.3 is 15.1 Å². The van der Waals surface area contributed by atoms with Gasteiger partial charge in [0.1, 0.15) is 0 Å². The number of nitrogens with one attached hydrogen (secondary N) is 1. The van der Waals surface area contributed by atoms with Crippen molar-refractivity contribution >= 4 is 11.8 Å². The molecule has 2 atom stereocenters. The number of carbonyl (C=O) groups is 2. The third kappa shape index (κ3) is 4.93. The lowest BCUT2D eigenvalue weighted by Crippen LogP contribution is -2.48. The smallest absolute Gasteiger partial charge is 0.226 e. The molecule has 2 rings (SSSR count). The second-order valence-corrected chi connectivity index (χ2v) is 7.11. The summed E-state index contributed by atoms with van der Waals surface area (Å²) in [6.07, 6.45) is 7.10. The van der Waals surface area contributed by atoms with Crippen molar-refractivity contribution in [3.63, 3.8) is 0 Å². The van der Waals surface area contributed by atoms with Gasteiger partial charge in [-0.05, 0) is 39.5 Å². The van der Waals surface area contributed by atoms with E-state index >= 15 is 0 Å². The Hall–Kier alpha value is -1.10. The molecule has 5 heteroatoms. The Morgan fingerprint density at radius 3 is 2.30 bits per heavy atom. The average molecular weight is 323 g/mol. The van der Waals surface area contributed by atoms with Crippen molar-refractivity contribution in [2.45, 2.75) is 70.9 Å². The van der Waals surface area contributed by atoms with Crippen LogP contribution in [0.25, 0.3) is 0 Å². The van der Waals surface area contributed by atoms with E-state index in [2.05, 4.69) is 5.32 Å². The molecule has 2 aliphatic rings. The van der Waals surface area contributed by atoms with E-state index in [1.807, 2.05) is 30.7 Å². The predicted octanol–water partition coefficient (Wildman–Crippen LogP) is 2.01. The van der Waals surface area contributed by atoms with E-state index in [1.165, 1.54) is 19.3 Å². The molecule has 1 saturated carbocycles. The highest BCUT2D eigenvalue weighted by Gasteiger charge is 2.30. The second kappa shape index (κ2) is 8.67. The molecule has 0 radical (unpaired) electrons. The number of likely N-dealkylation sites (N-methyl/N-ethyl adjacent to an activating group) is 1. The Bertz CT molecular complexity index is 405. The summed E-state index contributed by atoms with van der Waals surface area (Å²) in [4.78, 5) is 28.8. The minimum atomic E-state index is -0.146. The van der Waals surface area contributed by atoms with Gasteiger partial charge in [-0.1, -0.05) is 12.8 Å². The first kappa shape index (κ1) is 18.2. The van der Waals surface area contributed by atoms with Gasteiger partial charge in [0.2, 0.25) is 11.8 Å². The van der Waals surface area contributed by atoms with Crippen LogP contribution in [0.1, 0.15) is 58.8 Å². The van der Waals surface area contributed by atoms with Crippen LogP contribution >= 0.6 is 0 Å². The van der Waals surface area contributed by atoms with Gasteiger partial charge >= 0.3 is 0 Å². The second-order valence-electron chi connectivity index (χ2n) is 7.11. The van der Waals surface area contributed by atoms with Crippen molar-refractivity contribution < 1.29 is 9.59 Å². The quantitative estimate of drug-likeness (QED) is 0.842. The van der Waals surface area contributed by atoms with Gasteiger partial charge in [0.05, 0.1) is 0 Å². The molecule has 5 nitrogen and oxygen atoms in total. The molecule has 0 bridgehead atoms. The lowest BCUT2D eigenvalue weighted by atomic mass is 9.91. The predicted molar refractivity (Wildman–Crippen MR) is 92.1 cm³/mol. The van der Waals surface area contributed by atoms with Crippen LogP contribution < -0.4 is 5.32 Å². The van der Waals surface area contributed by atoms with Crippen molar-refractivity contribution in [3.05, 3.63) is 0 Å². The fraction of sp³-hybridized carbons (Fsp3) is 0.889. The normalized spacial score (nSPS) is 26.9. The SMILES string of the molecule is CCN(CC)C(=O)C1CCCC(NC2CCC2)CN(C)C(=O)C1. The largest absolute Gasteiger partial charge is 0.344 e. The molecule has 2 unspecified atom stereocenters. The van der Waals surface area contributed by atoms with Gasteiger partial charge in [-0.25, -0.2) is 0 Å². The summed E-state index contributed by atoms with van der Waals surface area (Å²) < 4.78 is 0. The number of rotatable bonds is 5. The van der Waals surface area contributed by atoms with Crippen LogP contribution in [0.4, 0.5) is 0 Å². The van der Waals surface area contributed by atoms with Gasteiger partial charge in [0.25, 0.3) is 0 Å². The molecule has 1 aliphatic carbocycles. The van der Waals surface area contributed by atoms with Gasteiger partial charge in [-0.3, -0.25) is 9.59 Å². The first-order valence-electron chi connectivity index (χ1n) is 9.33. The van der Waals surface area contributed by atoms with Crippen LogP contribution in [0.3, 0.4) is 0 Å². The van der Waals surface area contributed by atoms with Gasteiger partial charge in [0, 0.05) is 51.1 Å². The average Bonchev–Trinajstić information content (AvgIpc) is 2.55. The van der Waals surface area contributed by atoms with Gasteiger partial charge in [-0.2, -0.15) is 0 Å². The molecule has 132 valence electrons. The molecule has 23 heavy (non-hydrogen) atoms. The van der Waals surface area contributed by atoms with E-state index in [9.17, 15) is 9.59 Å². The third-order valence-corrected chi connectivity index (χ3v) is 5.45. The van der Waals surface area contributed by atoms with Crippen molar-refractivity contribution in [3.8, 4) is 0 Å². The Morgan fingerprint density at radius 2 is 1.74 bits per heavy atom. The van der Waals surface area contributed by atoms with E-state index in [4.69, 9.17) is 0 Å². The van der Waals surface area contributed by atoms with Crippen molar-refractivity contribution in [1.29, 1.82) is 0 Å². The van der Waals surface area contributed by atoms with Crippen LogP contribution in [0.5, 0.6) is 0 Å². The molecule has 0 aromatic carbocycles. The molecular formula is C18H33N3O2. The minimum absolute atomic E-state index is 0.109. The zero-order chi connectivity index (χ0) is 16.8. The topological polar surface area (TPSA) is 52.7 Å². The summed E-state index contributed by atoms with van der Waals surface area (Å²) >= 11 is 0. The van der Waals surface area contributed by atoms with Crippen LogP contribution in [0.2, 0.25) is 0 Å². The molecular weight excluding hydrogens is 290 g/mol. The first-order chi connectivity index (χ1) is 11.0. The van der Waals surface area contributed by atoms with Crippen LogP contribution in [-0.4, -0.2) is 60.4 Å². The van der Waals surface area contributed by atoms with E-state index in [0.717, 1.165) is 38.9 Å². The Morgan fingerprint density at radius 1 is 1.13 bits per heavy atom. The summed E-state index contributed by atoms with van der Waals surface area (Å²) in [6, 6.07) is 1.01. The number of nitrogens with zero attached hydrogens (tertiary/aromatic N) is 2. The molecule has 0 aromatic heterocycles. The van der Waals surface area contributed by atoms with Crippen molar-refractivity contribution in [2.24, 2.45) is 5.92 Å². The number of carbonyl (C=O) groups excluding carboxylic acids is 2. The number of amides is 2. The van der Waals surface area contributed by atoms with Crippen LogP contribution in [-0.2, 0) is 9.59 Å². The summed E-state index contributed by atoms with van der Waals surface area (Å²) in [5, 5.41) is 3.70. The van der Waals surface area contributed by atoms with E-state index in [-0.39, 0.29) is 17.7 Å². The summed E-state index contributed by atoms with van der Waals surface area (Å²) in [5.41, 5.74) is 0. The summed E-state index contributed by atoms with van der Waals surface area (Å²) in [6.45, 7) is 6.22. The van der Waals surface area contributed by atoms with Gasteiger partial charge in [-0.15, -0.1) is 0 Å². The van der Waals surface area contributed by atoms with Crippen LogP contribution in [0.15, 0.2) is 0 Å².